The largest absolute Gasteiger partial charge is 0.497 e. The van der Waals surface area contributed by atoms with Crippen LogP contribution in [0, 0.1) is 6.92 Å². The number of rotatable bonds is 8. The second-order valence-electron chi connectivity index (χ2n) is 9.95. The van der Waals surface area contributed by atoms with Crippen LogP contribution in [0.2, 0.25) is 0 Å². The molecule has 200 valence electrons. The Kier molecular flexibility index (Phi) is 7.11. The highest BCUT2D eigenvalue weighted by molar-refractivity contribution is 6.00. The number of para-hydroxylation sites is 1. The van der Waals surface area contributed by atoms with E-state index >= 15 is 0 Å². The van der Waals surface area contributed by atoms with E-state index in [4.69, 9.17) is 14.6 Å². The van der Waals surface area contributed by atoms with Gasteiger partial charge in [-0.1, -0.05) is 48.0 Å². The van der Waals surface area contributed by atoms with E-state index in [1.165, 1.54) is 0 Å². The van der Waals surface area contributed by atoms with Gasteiger partial charge in [0, 0.05) is 24.2 Å². The van der Waals surface area contributed by atoms with Crippen LogP contribution in [-0.4, -0.2) is 46.3 Å². The molecule has 0 radical (unpaired) electrons. The smallest absolute Gasteiger partial charge is 0.273 e. The zero-order chi connectivity index (χ0) is 27.6. The predicted molar refractivity (Wildman–Crippen MR) is 149 cm³/mol. The molecule has 0 fully saturated rings. The summed E-state index contributed by atoms with van der Waals surface area (Å²) in [6, 6.07) is 24.8. The number of benzene rings is 3. The van der Waals surface area contributed by atoms with Crippen molar-refractivity contribution in [2.24, 2.45) is 0 Å². The van der Waals surface area contributed by atoms with E-state index in [2.05, 4.69) is 5.32 Å². The molecule has 0 bridgehead atoms. The summed E-state index contributed by atoms with van der Waals surface area (Å²) in [5.41, 5.74) is 3.68. The average Bonchev–Trinajstić information content (AvgIpc) is 3.38. The fourth-order valence-corrected chi connectivity index (χ4v) is 5.00. The van der Waals surface area contributed by atoms with Gasteiger partial charge in [-0.25, -0.2) is 0 Å². The van der Waals surface area contributed by atoms with E-state index in [1.54, 1.807) is 36.8 Å². The van der Waals surface area contributed by atoms with Gasteiger partial charge in [-0.05, 0) is 55.8 Å². The Hall–Kier alpha value is -4.59. The summed E-state index contributed by atoms with van der Waals surface area (Å²) in [5, 5.41) is 7.78. The molecule has 5 rings (SSSR count). The van der Waals surface area contributed by atoms with E-state index in [1.807, 2.05) is 79.7 Å². The number of nitrogens with zero attached hydrogens (tertiary/aromatic N) is 3. The summed E-state index contributed by atoms with van der Waals surface area (Å²) < 4.78 is 12.4. The summed E-state index contributed by atoms with van der Waals surface area (Å²) in [7, 11) is 3.22. The van der Waals surface area contributed by atoms with Crippen LogP contribution in [0.15, 0.2) is 78.9 Å². The van der Waals surface area contributed by atoms with E-state index in [-0.39, 0.29) is 24.9 Å². The number of hydrogen-bond donors (Lipinski definition) is 1. The van der Waals surface area contributed by atoms with Crippen molar-refractivity contribution in [1.29, 1.82) is 0 Å². The van der Waals surface area contributed by atoms with Gasteiger partial charge in [0.1, 0.15) is 22.7 Å². The molecular weight excluding hydrogens is 492 g/mol. The van der Waals surface area contributed by atoms with Crippen molar-refractivity contribution in [3.63, 3.8) is 0 Å². The zero-order valence-corrected chi connectivity index (χ0v) is 22.6. The molecule has 4 aromatic rings. The standard InChI is InChI=1S/C31H32N4O4/c1-21-8-7-9-22(16-21)19-34-29(36)27-17-26(23-12-14-25(38-3)15-13-23)33-35(27)20-31(34,2)30(37)32-18-24-10-5-6-11-28(24)39-4/h5-17H,18-20H2,1-4H3,(H,32,37)/t31-/m0/s1. The van der Waals surface area contributed by atoms with Gasteiger partial charge in [0.15, 0.2) is 0 Å². The maximum absolute atomic E-state index is 14.0. The lowest BCUT2D eigenvalue weighted by molar-refractivity contribution is -0.133. The quantitative estimate of drug-likeness (QED) is 0.364. The molecule has 0 unspecified atom stereocenters. The minimum absolute atomic E-state index is 0.216. The van der Waals surface area contributed by atoms with Gasteiger partial charge in [0.05, 0.1) is 26.5 Å². The topological polar surface area (TPSA) is 85.7 Å². The highest BCUT2D eigenvalue weighted by Crippen LogP contribution is 2.32. The Balaban J connectivity index is 1.49. The number of hydrogen-bond acceptors (Lipinski definition) is 5. The number of ether oxygens (including phenoxy) is 2. The second kappa shape index (κ2) is 10.6. The van der Waals surface area contributed by atoms with Crippen molar-refractivity contribution in [3.8, 4) is 22.8 Å². The van der Waals surface area contributed by atoms with Gasteiger partial charge in [-0.3, -0.25) is 14.3 Å². The molecule has 2 amide bonds. The molecule has 1 atom stereocenters. The minimum atomic E-state index is -1.18. The van der Waals surface area contributed by atoms with Crippen molar-refractivity contribution in [1.82, 2.24) is 20.0 Å². The minimum Gasteiger partial charge on any atom is -0.497 e. The highest BCUT2D eigenvalue weighted by Gasteiger charge is 2.48. The van der Waals surface area contributed by atoms with Crippen LogP contribution in [0.1, 0.15) is 34.1 Å². The first kappa shape index (κ1) is 26.0. The van der Waals surface area contributed by atoms with Crippen LogP contribution in [-0.2, 0) is 24.4 Å². The summed E-state index contributed by atoms with van der Waals surface area (Å²) in [4.78, 5) is 29.5. The van der Waals surface area contributed by atoms with E-state index in [0.29, 0.717) is 23.7 Å². The first-order valence-corrected chi connectivity index (χ1v) is 12.8. The lowest BCUT2D eigenvalue weighted by Crippen LogP contribution is -2.63. The predicted octanol–water partition coefficient (Wildman–Crippen LogP) is 4.61. The molecule has 1 aliphatic rings. The van der Waals surface area contributed by atoms with Crippen molar-refractivity contribution < 1.29 is 19.1 Å². The summed E-state index contributed by atoms with van der Waals surface area (Å²) in [6.07, 6.45) is 0. The number of amides is 2. The Morgan fingerprint density at radius 1 is 1.00 bits per heavy atom. The lowest BCUT2D eigenvalue weighted by Gasteiger charge is -2.43. The molecule has 1 aromatic heterocycles. The Bertz CT molecular complexity index is 1510. The molecule has 1 aliphatic heterocycles. The van der Waals surface area contributed by atoms with Crippen molar-refractivity contribution in [2.75, 3.05) is 14.2 Å². The number of carbonyl (C=O) groups excluding carboxylic acids is 2. The van der Waals surface area contributed by atoms with Gasteiger partial charge < -0.3 is 19.7 Å². The molecule has 2 heterocycles. The molecule has 3 aromatic carbocycles. The van der Waals surface area contributed by atoms with E-state index in [9.17, 15) is 9.59 Å². The first-order chi connectivity index (χ1) is 18.8. The molecule has 39 heavy (non-hydrogen) atoms. The van der Waals surface area contributed by atoms with Crippen LogP contribution in [0.3, 0.4) is 0 Å². The second-order valence-corrected chi connectivity index (χ2v) is 9.95. The van der Waals surface area contributed by atoms with Crippen molar-refractivity contribution in [2.45, 2.75) is 39.0 Å². The Morgan fingerprint density at radius 3 is 2.49 bits per heavy atom. The van der Waals surface area contributed by atoms with Gasteiger partial charge >= 0.3 is 0 Å². The number of fused-ring (bicyclic) bond motifs is 1. The summed E-state index contributed by atoms with van der Waals surface area (Å²) in [6.45, 7) is 4.59. The third kappa shape index (κ3) is 5.10. The van der Waals surface area contributed by atoms with Crippen molar-refractivity contribution >= 4 is 11.8 Å². The van der Waals surface area contributed by atoms with E-state index < -0.39 is 5.54 Å². The third-order valence-corrected chi connectivity index (χ3v) is 7.23. The van der Waals surface area contributed by atoms with Gasteiger partial charge in [0.2, 0.25) is 5.91 Å². The third-order valence-electron chi connectivity index (χ3n) is 7.23. The summed E-state index contributed by atoms with van der Waals surface area (Å²) in [5.74, 6) is 0.923. The molecule has 0 aliphatic carbocycles. The van der Waals surface area contributed by atoms with Crippen LogP contribution < -0.4 is 14.8 Å². The van der Waals surface area contributed by atoms with Crippen LogP contribution in [0.4, 0.5) is 0 Å². The Labute approximate surface area is 228 Å². The van der Waals surface area contributed by atoms with Gasteiger partial charge in [-0.15, -0.1) is 0 Å². The van der Waals surface area contributed by atoms with E-state index in [0.717, 1.165) is 28.0 Å². The van der Waals surface area contributed by atoms with Gasteiger partial charge in [-0.2, -0.15) is 5.10 Å². The average molecular weight is 525 g/mol. The molecule has 8 heteroatoms. The van der Waals surface area contributed by atoms with Crippen LogP contribution >= 0.6 is 0 Å². The fraction of sp³-hybridized carbons (Fsp3) is 0.258. The number of aryl methyl sites for hydroxylation is 1. The van der Waals surface area contributed by atoms with Gasteiger partial charge in [0.25, 0.3) is 5.91 Å². The van der Waals surface area contributed by atoms with Crippen LogP contribution in [0.25, 0.3) is 11.3 Å². The lowest BCUT2D eigenvalue weighted by atomic mass is 9.93. The fourth-order valence-electron chi connectivity index (χ4n) is 5.00. The number of methoxy groups -OCH3 is 2. The van der Waals surface area contributed by atoms with Crippen molar-refractivity contribution in [3.05, 3.63) is 101 Å². The zero-order valence-electron chi connectivity index (χ0n) is 22.6. The molecule has 0 saturated heterocycles. The molecule has 8 nitrogen and oxygen atoms in total. The SMILES string of the molecule is COc1ccc(-c2cc3n(n2)C[C@@](C)(C(=O)NCc2ccccc2OC)N(Cc2cccc(C)c2)C3=O)cc1. The number of aromatic nitrogens is 2. The van der Waals surface area contributed by atoms with Crippen LogP contribution in [0.5, 0.6) is 11.5 Å². The summed E-state index contributed by atoms with van der Waals surface area (Å²) >= 11 is 0. The normalized spacial score (nSPS) is 16.5. The maximum atomic E-state index is 14.0. The molecule has 1 N–H and O–H groups in total. The maximum Gasteiger partial charge on any atom is 0.273 e. The highest BCUT2D eigenvalue weighted by atomic mass is 16.5. The molecular formula is C31H32N4O4. The monoisotopic (exact) mass is 524 g/mol. The Morgan fingerprint density at radius 2 is 1.77 bits per heavy atom. The first-order valence-electron chi connectivity index (χ1n) is 12.8. The molecule has 0 saturated carbocycles. The number of nitrogens with one attached hydrogen (secondary N) is 1. The number of carbonyl (C=O) groups is 2. The molecule has 0 spiro atoms.